The molecule has 0 aliphatic heterocycles. The minimum absolute atomic E-state index is 0.615. The molecule has 0 saturated carbocycles. The normalized spacial score (nSPS) is 12.1. The van der Waals surface area contributed by atoms with E-state index in [0.29, 0.717) is 17.1 Å². The van der Waals surface area contributed by atoms with Crippen LogP contribution in [-0.2, 0) is 0 Å². The summed E-state index contributed by atoms with van der Waals surface area (Å²) in [5, 5.41) is 9.94. The van der Waals surface area contributed by atoms with Crippen LogP contribution in [0.4, 0.5) is 0 Å². The van der Waals surface area contributed by atoms with Crippen LogP contribution in [0.2, 0.25) is 0 Å². The molecule has 106 valence electrons. The van der Waals surface area contributed by atoms with Gasteiger partial charge >= 0.3 is 0 Å². The van der Waals surface area contributed by atoms with Crippen molar-refractivity contribution in [1.82, 2.24) is 0 Å². The van der Waals surface area contributed by atoms with E-state index in [9.17, 15) is 5.11 Å². The minimum atomic E-state index is -0.660. The predicted molar refractivity (Wildman–Crippen MR) is 79.6 cm³/mol. The lowest BCUT2D eigenvalue weighted by Crippen LogP contribution is -2.00. The summed E-state index contributed by atoms with van der Waals surface area (Å²) in [5.74, 6) is 2.00. The molecule has 2 rings (SSSR count). The summed E-state index contributed by atoms with van der Waals surface area (Å²) in [5.41, 5.74) is 2.94. The second-order valence-electron chi connectivity index (χ2n) is 4.97. The molecular weight excluding hydrogens is 252 g/mol. The van der Waals surface area contributed by atoms with E-state index in [1.807, 2.05) is 44.2 Å². The van der Waals surface area contributed by atoms with Crippen molar-refractivity contribution in [2.24, 2.45) is 0 Å². The Morgan fingerprint density at radius 1 is 1.00 bits per heavy atom. The molecule has 20 heavy (non-hydrogen) atoms. The fourth-order valence-corrected chi connectivity index (χ4v) is 2.32. The minimum Gasteiger partial charge on any atom is -0.496 e. The van der Waals surface area contributed by atoms with Crippen molar-refractivity contribution in [1.29, 1.82) is 0 Å². The first-order valence-electron chi connectivity index (χ1n) is 6.62. The third-order valence-corrected chi connectivity index (χ3v) is 3.09. The van der Waals surface area contributed by atoms with E-state index in [1.165, 1.54) is 0 Å². The number of benzene rings is 2. The fourth-order valence-electron chi connectivity index (χ4n) is 2.32. The molecular formula is C17H20O3. The zero-order valence-electron chi connectivity index (χ0n) is 12.3. The van der Waals surface area contributed by atoms with Crippen molar-refractivity contribution >= 4 is 0 Å². The maximum Gasteiger partial charge on any atom is 0.136 e. The molecule has 0 aromatic heterocycles. The Bertz CT molecular complexity index is 583. The third kappa shape index (κ3) is 3.11. The van der Waals surface area contributed by atoms with Crippen LogP contribution in [0, 0.1) is 13.8 Å². The first kappa shape index (κ1) is 14.4. The van der Waals surface area contributed by atoms with Gasteiger partial charge in [0, 0.05) is 0 Å². The molecule has 0 unspecified atom stereocenters. The van der Waals surface area contributed by atoms with Crippen LogP contribution in [-0.4, -0.2) is 12.2 Å². The number of methoxy groups -OCH3 is 1. The highest BCUT2D eigenvalue weighted by Gasteiger charge is 2.16. The van der Waals surface area contributed by atoms with Crippen LogP contribution < -0.4 is 9.47 Å². The number of aryl methyl sites for hydroxylation is 2. The van der Waals surface area contributed by atoms with Crippen LogP contribution >= 0.6 is 0 Å². The van der Waals surface area contributed by atoms with Gasteiger partial charge < -0.3 is 14.6 Å². The zero-order chi connectivity index (χ0) is 14.7. The van der Waals surface area contributed by atoms with Crippen molar-refractivity contribution in [3.63, 3.8) is 0 Å². The molecule has 0 aliphatic carbocycles. The smallest absolute Gasteiger partial charge is 0.136 e. The van der Waals surface area contributed by atoms with Crippen molar-refractivity contribution in [3.05, 3.63) is 53.1 Å². The molecule has 3 heteroatoms. The van der Waals surface area contributed by atoms with E-state index in [0.717, 1.165) is 16.9 Å². The Balaban J connectivity index is 2.42. The quantitative estimate of drug-likeness (QED) is 0.908. The molecule has 0 heterocycles. The zero-order valence-corrected chi connectivity index (χ0v) is 12.3. The SMILES string of the molecule is COc1cccc(Oc2cc(C)cc(C)c2)c1[C@H](C)O. The Hall–Kier alpha value is -2.00. The summed E-state index contributed by atoms with van der Waals surface area (Å²) in [6, 6.07) is 11.5. The molecule has 2 aromatic rings. The van der Waals surface area contributed by atoms with Crippen LogP contribution in [0.25, 0.3) is 0 Å². The van der Waals surface area contributed by atoms with E-state index in [1.54, 1.807) is 14.0 Å². The number of aliphatic hydroxyl groups excluding tert-OH is 1. The Kier molecular flexibility index (Phi) is 4.30. The number of hydrogen-bond acceptors (Lipinski definition) is 3. The summed E-state index contributed by atoms with van der Waals surface area (Å²) in [7, 11) is 1.59. The van der Waals surface area contributed by atoms with Crippen LogP contribution in [0.1, 0.15) is 29.7 Å². The van der Waals surface area contributed by atoms with E-state index in [4.69, 9.17) is 9.47 Å². The average Bonchev–Trinajstić information content (AvgIpc) is 2.36. The molecule has 0 amide bonds. The number of rotatable bonds is 4. The molecule has 1 atom stereocenters. The lowest BCUT2D eigenvalue weighted by molar-refractivity contribution is 0.190. The van der Waals surface area contributed by atoms with Gasteiger partial charge in [-0.25, -0.2) is 0 Å². The van der Waals surface area contributed by atoms with Gasteiger partial charge in [0.2, 0.25) is 0 Å². The largest absolute Gasteiger partial charge is 0.496 e. The summed E-state index contributed by atoms with van der Waals surface area (Å²) < 4.78 is 11.2. The Morgan fingerprint density at radius 3 is 2.15 bits per heavy atom. The average molecular weight is 272 g/mol. The molecule has 0 spiro atoms. The topological polar surface area (TPSA) is 38.7 Å². The molecule has 3 nitrogen and oxygen atoms in total. The highest BCUT2D eigenvalue weighted by Crippen LogP contribution is 2.36. The monoisotopic (exact) mass is 272 g/mol. The summed E-state index contributed by atoms with van der Waals surface area (Å²) in [6.45, 7) is 5.76. The van der Waals surface area contributed by atoms with E-state index in [2.05, 4.69) is 6.07 Å². The Morgan fingerprint density at radius 2 is 1.60 bits per heavy atom. The van der Waals surface area contributed by atoms with Gasteiger partial charge in [-0.3, -0.25) is 0 Å². The van der Waals surface area contributed by atoms with Crippen molar-refractivity contribution in [3.8, 4) is 17.2 Å². The van der Waals surface area contributed by atoms with Gasteiger partial charge in [-0.15, -0.1) is 0 Å². The van der Waals surface area contributed by atoms with Gasteiger partial charge in [-0.2, -0.15) is 0 Å². The fraction of sp³-hybridized carbons (Fsp3) is 0.294. The van der Waals surface area contributed by atoms with Crippen molar-refractivity contribution in [2.45, 2.75) is 26.9 Å². The molecule has 2 aromatic carbocycles. The Labute approximate surface area is 119 Å². The highest BCUT2D eigenvalue weighted by atomic mass is 16.5. The van der Waals surface area contributed by atoms with Gasteiger partial charge in [0.15, 0.2) is 0 Å². The third-order valence-electron chi connectivity index (χ3n) is 3.09. The molecule has 0 saturated heterocycles. The van der Waals surface area contributed by atoms with Gasteiger partial charge in [0.1, 0.15) is 17.2 Å². The van der Waals surface area contributed by atoms with Crippen LogP contribution in [0.15, 0.2) is 36.4 Å². The summed E-state index contributed by atoms with van der Waals surface area (Å²) >= 11 is 0. The maximum atomic E-state index is 9.94. The highest BCUT2D eigenvalue weighted by molar-refractivity contribution is 5.48. The summed E-state index contributed by atoms with van der Waals surface area (Å²) in [4.78, 5) is 0. The van der Waals surface area contributed by atoms with Crippen LogP contribution in [0.3, 0.4) is 0 Å². The second-order valence-corrected chi connectivity index (χ2v) is 4.97. The van der Waals surface area contributed by atoms with Crippen LogP contribution in [0.5, 0.6) is 17.2 Å². The molecule has 0 bridgehead atoms. The standard InChI is InChI=1S/C17H20O3/c1-11-8-12(2)10-14(9-11)20-16-7-5-6-15(19-4)17(16)13(3)18/h5-10,13,18H,1-4H3/t13-/m0/s1. The van der Waals surface area contributed by atoms with Gasteiger partial charge in [-0.05, 0) is 56.2 Å². The lowest BCUT2D eigenvalue weighted by Gasteiger charge is -2.17. The van der Waals surface area contributed by atoms with E-state index in [-0.39, 0.29) is 0 Å². The summed E-state index contributed by atoms with van der Waals surface area (Å²) in [6.07, 6.45) is -0.660. The van der Waals surface area contributed by atoms with Gasteiger partial charge in [0.25, 0.3) is 0 Å². The van der Waals surface area contributed by atoms with Crippen molar-refractivity contribution in [2.75, 3.05) is 7.11 Å². The van der Waals surface area contributed by atoms with Gasteiger partial charge in [-0.1, -0.05) is 12.1 Å². The maximum absolute atomic E-state index is 9.94. The van der Waals surface area contributed by atoms with E-state index < -0.39 is 6.10 Å². The van der Waals surface area contributed by atoms with E-state index >= 15 is 0 Å². The molecule has 0 fully saturated rings. The second kappa shape index (κ2) is 5.97. The predicted octanol–water partition coefficient (Wildman–Crippen LogP) is 4.16. The first-order chi connectivity index (χ1) is 9.51. The number of ether oxygens (including phenoxy) is 2. The molecule has 0 radical (unpaired) electrons. The van der Waals surface area contributed by atoms with Crippen molar-refractivity contribution < 1.29 is 14.6 Å². The molecule has 1 N–H and O–H groups in total. The first-order valence-corrected chi connectivity index (χ1v) is 6.62. The number of hydrogen-bond donors (Lipinski definition) is 1. The lowest BCUT2D eigenvalue weighted by atomic mass is 10.1. The molecule has 0 aliphatic rings. The van der Waals surface area contributed by atoms with Gasteiger partial charge in [0.05, 0.1) is 18.8 Å². The number of aliphatic hydroxyl groups is 1.